The number of alkyl carbamates (subject to hydrolysis) is 2. The fraction of sp³-hybridized carbons (Fsp3) is 0.528. The number of nitrogens with zero attached hydrogens (tertiary/aromatic N) is 1. The van der Waals surface area contributed by atoms with Gasteiger partial charge in [-0.25, -0.2) is 9.59 Å². The third-order valence-electron chi connectivity index (χ3n) is 9.62. The number of hydrogen-bond acceptors (Lipinski definition) is 7. The van der Waals surface area contributed by atoms with Gasteiger partial charge in [0, 0.05) is 6.54 Å². The van der Waals surface area contributed by atoms with Gasteiger partial charge in [-0.1, -0.05) is 99.2 Å². The van der Waals surface area contributed by atoms with Crippen LogP contribution in [-0.4, -0.2) is 64.9 Å². The molecular formula is C36H46N4O7. The van der Waals surface area contributed by atoms with E-state index in [4.69, 9.17) is 9.47 Å². The Kier molecular flexibility index (Phi) is 11.5. The van der Waals surface area contributed by atoms with Crippen LogP contribution in [0, 0.1) is 0 Å². The summed E-state index contributed by atoms with van der Waals surface area (Å²) in [5.41, 5.74) is -0.648. The molecule has 1 unspecified atom stereocenters. The van der Waals surface area contributed by atoms with Gasteiger partial charge in [0.05, 0.1) is 12.6 Å². The number of carbonyl (C=O) groups excluding carboxylic acids is 5. The van der Waals surface area contributed by atoms with Crippen molar-refractivity contribution in [1.29, 1.82) is 0 Å². The third-order valence-corrected chi connectivity index (χ3v) is 9.62. The Balaban J connectivity index is 1.20. The van der Waals surface area contributed by atoms with E-state index in [1.165, 1.54) is 4.90 Å². The van der Waals surface area contributed by atoms with E-state index < -0.39 is 35.2 Å². The van der Waals surface area contributed by atoms with Crippen molar-refractivity contribution in [2.75, 3.05) is 13.1 Å². The SMILES string of the molecule is O=C(NC1(C(=O)NC2CCCN(C(=O)C3(NC(=O)OCc4ccccc4)CCCCC3)CC2=O)CCCCC1)OCc1ccccc1. The van der Waals surface area contributed by atoms with Crippen LogP contribution in [0.4, 0.5) is 9.59 Å². The summed E-state index contributed by atoms with van der Waals surface area (Å²) in [5, 5.41) is 8.64. The predicted octanol–water partition coefficient (Wildman–Crippen LogP) is 4.92. The maximum absolute atomic E-state index is 14.1. The summed E-state index contributed by atoms with van der Waals surface area (Å²) in [6, 6.07) is 17.8. The van der Waals surface area contributed by atoms with Gasteiger partial charge < -0.3 is 30.3 Å². The van der Waals surface area contributed by atoms with Gasteiger partial charge in [-0.05, 0) is 49.7 Å². The zero-order valence-electron chi connectivity index (χ0n) is 27.0. The number of rotatable bonds is 9. The number of ether oxygens (including phenoxy) is 2. The van der Waals surface area contributed by atoms with Crippen LogP contribution >= 0.6 is 0 Å². The Morgan fingerprint density at radius 3 is 1.70 bits per heavy atom. The van der Waals surface area contributed by atoms with Crippen molar-refractivity contribution >= 4 is 29.8 Å². The number of hydrogen-bond donors (Lipinski definition) is 3. The van der Waals surface area contributed by atoms with E-state index in [1.54, 1.807) is 0 Å². The second-order valence-electron chi connectivity index (χ2n) is 13.0. The first-order valence-electron chi connectivity index (χ1n) is 16.9. The Labute approximate surface area is 276 Å². The highest BCUT2D eigenvalue weighted by Crippen LogP contribution is 2.32. The van der Waals surface area contributed by atoms with Crippen molar-refractivity contribution in [3.63, 3.8) is 0 Å². The number of likely N-dealkylation sites (tertiary alicyclic amines) is 1. The van der Waals surface area contributed by atoms with Crippen LogP contribution in [0.3, 0.4) is 0 Å². The highest BCUT2D eigenvalue weighted by Gasteiger charge is 2.46. The topological polar surface area (TPSA) is 143 Å². The van der Waals surface area contributed by atoms with E-state index in [0.29, 0.717) is 45.1 Å². The Morgan fingerprint density at radius 1 is 0.681 bits per heavy atom. The molecule has 47 heavy (non-hydrogen) atoms. The van der Waals surface area contributed by atoms with Crippen LogP contribution < -0.4 is 16.0 Å². The van der Waals surface area contributed by atoms with Crippen LogP contribution in [0.1, 0.15) is 88.2 Å². The number of ketones is 1. The number of amides is 4. The maximum Gasteiger partial charge on any atom is 0.408 e. The van der Waals surface area contributed by atoms with E-state index in [9.17, 15) is 24.0 Å². The molecule has 0 spiro atoms. The zero-order chi connectivity index (χ0) is 33.1. The molecule has 3 N–H and O–H groups in total. The van der Waals surface area contributed by atoms with Crippen molar-refractivity contribution in [2.45, 2.75) is 107 Å². The summed E-state index contributed by atoms with van der Waals surface area (Å²) in [6.07, 6.45) is 6.30. The minimum absolute atomic E-state index is 0.0798. The molecule has 1 aliphatic heterocycles. The van der Waals surface area contributed by atoms with Crippen LogP contribution in [0.2, 0.25) is 0 Å². The average molecular weight is 647 g/mol. The summed E-state index contributed by atoms with van der Waals surface area (Å²) >= 11 is 0. The second-order valence-corrected chi connectivity index (χ2v) is 13.0. The Hall–Kier alpha value is -4.41. The lowest BCUT2D eigenvalue weighted by molar-refractivity contribution is -0.142. The van der Waals surface area contributed by atoms with Crippen LogP contribution in [0.25, 0.3) is 0 Å². The molecule has 0 bridgehead atoms. The first-order chi connectivity index (χ1) is 22.8. The van der Waals surface area contributed by atoms with E-state index in [0.717, 1.165) is 49.7 Å². The summed E-state index contributed by atoms with van der Waals surface area (Å²) in [4.78, 5) is 68.6. The molecular weight excluding hydrogens is 600 g/mol. The summed E-state index contributed by atoms with van der Waals surface area (Å²) in [7, 11) is 0. The molecule has 2 aliphatic carbocycles. The molecule has 11 heteroatoms. The van der Waals surface area contributed by atoms with E-state index in [2.05, 4.69) is 16.0 Å². The van der Waals surface area contributed by atoms with Crippen molar-refractivity contribution in [3.8, 4) is 0 Å². The minimum atomic E-state index is -1.18. The van der Waals surface area contributed by atoms with Crippen molar-refractivity contribution in [1.82, 2.24) is 20.9 Å². The molecule has 0 radical (unpaired) electrons. The van der Waals surface area contributed by atoms with Crippen LogP contribution in [0.5, 0.6) is 0 Å². The van der Waals surface area contributed by atoms with Gasteiger partial charge in [-0.2, -0.15) is 0 Å². The zero-order valence-corrected chi connectivity index (χ0v) is 27.0. The first kappa shape index (κ1) is 33.9. The summed E-state index contributed by atoms with van der Waals surface area (Å²) in [5.74, 6) is -0.973. The van der Waals surface area contributed by atoms with Crippen molar-refractivity contribution < 1.29 is 33.4 Å². The molecule has 3 fully saturated rings. The quantitative estimate of drug-likeness (QED) is 0.351. The summed E-state index contributed by atoms with van der Waals surface area (Å²) in [6.45, 7) is 0.318. The summed E-state index contributed by atoms with van der Waals surface area (Å²) < 4.78 is 10.9. The van der Waals surface area contributed by atoms with Crippen LogP contribution in [0.15, 0.2) is 60.7 Å². The number of carbonyl (C=O) groups is 5. The highest BCUT2D eigenvalue weighted by atomic mass is 16.6. The normalized spacial score (nSPS) is 20.6. The predicted molar refractivity (Wildman–Crippen MR) is 174 cm³/mol. The lowest BCUT2D eigenvalue weighted by Gasteiger charge is -2.39. The molecule has 1 atom stereocenters. The second kappa shape index (κ2) is 15.9. The molecule has 2 aromatic carbocycles. The number of nitrogens with one attached hydrogen (secondary N) is 3. The molecule has 2 saturated carbocycles. The molecule has 4 amide bonds. The molecule has 3 aliphatic rings. The fourth-order valence-corrected chi connectivity index (χ4v) is 6.97. The molecule has 1 saturated heterocycles. The first-order valence-corrected chi connectivity index (χ1v) is 16.9. The van der Waals surface area contributed by atoms with Gasteiger partial charge >= 0.3 is 12.2 Å². The molecule has 2 aromatic rings. The highest BCUT2D eigenvalue weighted by molar-refractivity contribution is 5.98. The largest absolute Gasteiger partial charge is 0.445 e. The van der Waals surface area contributed by atoms with Gasteiger partial charge in [-0.15, -0.1) is 0 Å². The van der Waals surface area contributed by atoms with Crippen molar-refractivity contribution in [2.24, 2.45) is 0 Å². The monoisotopic (exact) mass is 646 g/mol. The fourth-order valence-electron chi connectivity index (χ4n) is 6.97. The van der Waals surface area contributed by atoms with Gasteiger partial charge in [0.25, 0.3) is 0 Å². The molecule has 11 nitrogen and oxygen atoms in total. The molecule has 5 rings (SSSR count). The third kappa shape index (κ3) is 8.90. The van der Waals surface area contributed by atoms with E-state index in [1.807, 2.05) is 60.7 Å². The van der Waals surface area contributed by atoms with Gasteiger partial charge in [0.2, 0.25) is 11.8 Å². The maximum atomic E-state index is 14.1. The van der Waals surface area contributed by atoms with E-state index in [-0.39, 0.29) is 31.4 Å². The average Bonchev–Trinajstić information content (AvgIpc) is 3.28. The van der Waals surface area contributed by atoms with Gasteiger partial charge in [-0.3, -0.25) is 14.4 Å². The Bertz CT molecular complexity index is 1390. The van der Waals surface area contributed by atoms with E-state index >= 15 is 0 Å². The van der Waals surface area contributed by atoms with Crippen LogP contribution in [-0.2, 0) is 37.1 Å². The smallest absolute Gasteiger partial charge is 0.408 e. The van der Waals surface area contributed by atoms with Gasteiger partial charge in [0.1, 0.15) is 24.3 Å². The van der Waals surface area contributed by atoms with Gasteiger partial charge in [0.15, 0.2) is 5.78 Å². The molecule has 252 valence electrons. The Morgan fingerprint density at radius 2 is 1.17 bits per heavy atom. The standard InChI is InChI=1S/C36H46N4O7/c41-30-24-40(32(43)36(21-11-4-12-22-36)39-34(45)47-26-28-16-7-2-8-17-28)23-13-18-29(30)37-31(42)35(19-9-3-10-20-35)38-33(44)46-25-27-14-5-1-6-15-27/h1-2,5-8,14-17,29H,3-4,9-13,18-26H2,(H,37,42)(H,38,44)(H,39,45). The lowest BCUT2D eigenvalue weighted by Crippen LogP contribution is -2.63. The molecule has 1 heterocycles. The number of Topliss-reactive ketones (excluding diaryl/α,β-unsaturated/α-hetero) is 1. The minimum Gasteiger partial charge on any atom is -0.445 e. The molecule has 0 aromatic heterocycles. The number of benzene rings is 2. The lowest BCUT2D eigenvalue weighted by atomic mass is 9.80. The van der Waals surface area contributed by atoms with Crippen molar-refractivity contribution in [3.05, 3.63) is 71.8 Å².